The van der Waals surface area contributed by atoms with Crippen LogP contribution in [0.3, 0.4) is 0 Å². The molecule has 0 bridgehead atoms. The van der Waals surface area contributed by atoms with Gasteiger partial charge in [-0.1, -0.05) is 12.1 Å². The summed E-state index contributed by atoms with van der Waals surface area (Å²) in [6.07, 6.45) is 0. The van der Waals surface area contributed by atoms with Crippen molar-refractivity contribution in [3.05, 3.63) is 47.8 Å². The first-order valence-corrected chi connectivity index (χ1v) is 7.20. The number of methoxy groups -OCH3 is 2. The Bertz CT molecular complexity index is 658. The molecule has 2 aromatic carbocycles. The lowest BCUT2D eigenvalue weighted by Crippen LogP contribution is -2.33. The molecule has 0 radical (unpaired) electrons. The van der Waals surface area contributed by atoms with E-state index in [1.54, 1.807) is 14.2 Å². The molecule has 5 heteroatoms. The zero-order chi connectivity index (χ0) is 15.5. The van der Waals surface area contributed by atoms with E-state index in [2.05, 4.69) is 10.2 Å². The summed E-state index contributed by atoms with van der Waals surface area (Å²) in [5.41, 5.74) is 3.16. The highest BCUT2D eigenvalue weighted by molar-refractivity contribution is 5.76. The standard InChI is InChI=1S/C17H19FN2O2/c1-21-16-9-14-15(10-17(16)22-2)20(8-7-19-14)11-12-3-5-13(18)6-4-12/h3-6,9-10,19H,7-8,11H2,1-2H3. The van der Waals surface area contributed by atoms with Crippen LogP contribution in [-0.4, -0.2) is 27.3 Å². The molecule has 0 amide bonds. The van der Waals surface area contributed by atoms with Crippen LogP contribution in [-0.2, 0) is 6.54 Å². The molecule has 22 heavy (non-hydrogen) atoms. The van der Waals surface area contributed by atoms with Gasteiger partial charge in [0.15, 0.2) is 11.5 Å². The maximum absolute atomic E-state index is 13.0. The highest BCUT2D eigenvalue weighted by Gasteiger charge is 2.20. The van der Waals surface area contributed by atoms with Crippen LogP contribution in [0.15, 0.2) is 36.4 Å². The molecular formula is C17H19FN2O2. The number of ether oxygens (including phenoxy) is 2. The second-order valence-corrected chi connectivity index (χ2v) is 5.20. The summed E-state index contributed by atoms with van der Waals surface area (Å²) in [7, 11) is 3.26. The van der Waals surface area contributed by atoms with Crippen molar-refractivity contribution in [1.29, 1.82) is 0 Å². The summed E-state index contributed by atoms with van der Waals surface area (Å²) in [6, 6.07) is 10.5. The van der Waals surface area contributed by atoms with Crippen molar-refractivity contribution in [2.45, 2.75) is 6.54 Å². The van der Waals surface area contributed by atoms with Crippen LogP contribution >= 0.6 is 0 Å². The van der Waals surface area contributed by atoms with Crippen LogP contribution in [0.1, 0.15) is 5.56 Å². The lowest BCUT2D eigenvalue weighted by molar-refractivity contribution is 0.355. The molecule has 116 valence electrons. The van der Waals surface area contributed by atoms with Crippen LogP contribution < -0.4 is 19.7 Å². The number of halogens is 1. The third-order valence-electron chi connectivity index (χ3n) is 3.83. The van der Waals surface area contributed by atoms with E-state index in [1.807, 2.05) is 24.3 Å². The summed E-state index contributed by atoms with van der Waals surface area (Å²) < 4.78 is 23.8. The van der Waals surface area contributed by atoms with E-state index in [0.717, 1.165) is 36.6 Å². The number of hydrogen-bond acceptors (Lipinski definition) is 4. The second kappa shape index (κ2) is 6.13. The summed E-state index contributed by atoms with van der Waals surface area (Å²) in [5, 5.41) is 3.38. The van der Waals surface area contributed by atoms with E-state index in [-0.39, 0.29) is 5.82 Å². The smallest absolute Gasteiger partial charge is 0.162 e. The van der Waals surface area contributed by atoms with Gasteiger partial charge in [-0.05, 0) is 17.7 Å². The molecule has 1 N–H and O–H groups in total. The predicted molar refractivity (Wildman–Crippen MR) is 85.5 cm³/mol. The van der Waals surface area contributed by atoms with Crippen molar-refractivity contribution in [3.8, 4) is 11.5 Å². The Morgan fingerprint density at radius 3 is 2.45 bits per heavy atom. The van der Waals surface area contributed by atoms with Gasteiger partial charge >= 0.3 is 0 Å². The van der Waals surface area contributed by atoms with Gasteiger partial charge in [0.05, 0.1) is 25.6 Å². The molecule has 0 aromatic heterocycles. The molecule has 0 atom stereocenters. The number of rotatable bonds is 4. The van der Waals surface area contributed by atoms with Crippen molar-refractivity contribution in [2.24, 2.45) is 0 Å². The predicted octanol–water partition coefficient (Wildman–Crippen LogP) is 3.28. The van der Waals surface area contributed by atoms with Gasteiger partial charge in [0.2, 0.25) is 0 Å². The van der Waals surface area contributed by atoms with Crippen LogP contribution in [0.2, 0.25) is 0 Å². The Balaban J connectivity index is 1.91. The Morgan fingerprint density at radius 1 is 1.09 bits per heavy atom. The fourth-order valence-electron chi connectivity index (χ4n) is 2.69. The van der Waals surface area contributed by atoms with Gasteiger partial charge in [-0.2, -0.15) is 0 Å². The minimum atomic E-state index is -0.212. The van der Waals surface area contributed by atoms with E-state index in [0.29, 0.717) is 11.5 Å². The fraction of sp³-hybridized carbons (Fsp3) is 0.294. The molecule has 1 aliphatic rings. The van der Waals surface area contributed by atoms with Crippen molar-refractivity contribution in [2.75, 3.05) is 37.5 Å². The highest BCUT2D eigenvalue weighted by atomic mass is 19.1. The van der Waals surface area contributed by atoms with Crippen molar-refractivity contribution >= 4 is 11.4 Å². The zero-order valence-electron chi connectivity index (χ0n) is 12.7. The number of nitrogens with one attached hydrogen (secondary N) is 1. The molecular weight excluding hydrogens is 283 g/mol. The number of benzene rings is 2. The molecule has 0 unspecified atom stereocenters. The number of hydrogen-bond donors (Lipinski definition) is 1. The third-order valence-corrected chi connectivity index (χ3v) is 3.83. The van der Waals surface area contributed by atoms with Crippen molar-refractivity contribution < 1.29 is 13.9 Å². The fourth-order valence-corrected chi connectivity index (χ4v) is 2.69. The van der Waals surface area contributed by atoms with Crippen molar-refractivity contribution in [1.82, 2.24) is 0 Å². The van der Waals surface area contributed by atoms with E-state index in [9.17, 15) is 4.39 Å². The highest BCUT2D eigenvalue weighted by Crippen LogP contribution is 2.40. The topological polar surface area (TPSA) is 33.7 Å². The molecule has 0 saturated heterocycles. The largest absolute Gasteiger partial charge is 0.493 e. The first-order valence-electron chi connectivity index (χ1n) is 7.20. The van der Waals surface area contributed by atoms with Gasteiger partial charge in [0.25, 0.3) is 0 Å². The van der Waals surface area contributed by atoms with Gasteiger partial charge in [0, 0.05) is 31.8 Å². The normalized spacial score (nSPS) is 13.3. The summed E-state index contributed by atoms with van der Waals surface area (Å²) in [4.78, 5) is 2.25. The Kier molecular flexibility index (Phi) is 4.04. The molecule has 0 saturated carbocycles. The second-order valence-electron chi connectivity index (χ2n) is 5.20. The monoisotopic (exact) mass is 302 g/mol. The zero-order valence-corrected chi connectivity index (χ0v) is 12.7. The van der Waals surface area contributed by atoms with Crippen LogP contribution in [0.5, 0.6) is 11.5 Å². The van der Waals surface area contributed by atoms with Gasteiger partial charge in [0.1, 0.15) is 5.82 Å². The molecule has 4 nitrogen and oxygen atoms in total. The lowest BCUT2D eigenvalue weighted by atomic mass is 10.1. The number of fused-ring (bicyclic) bond motifs is 1. The average Bonchev–Trinajstić information content (AvgIpc) is 2.56. The van der Waals surface area contributed by atoms with Crippen molar-refractivity contribution in [3.63, 3.8) is 0 Å². The van der Waals surface area contributed by atoms with Crippen LogP contribution in [0.25, 0.3) is 0 Å². The van der Waals surface area contributed by atoms with Crippen LogP contribution in [0.4, 0.5) is 15.8 Å². The van der Waals surface area contributed by atoms with Gasteiger partial charge < -0.3 is 19.7 Å². The molecule has 0 fully saturated rings. The minimum Gasteiger partial charge on any atom is -0.493 e. The molecule has 0 spiro atoms. The Labute approximate surface area is 129 Å². The third kappa shape index (κ3) is 2.79. The maximum atomic E-state index is 13.0. The van der Waals surface area contributed by atoms with Gasteiger partial charge in [-0.25, -0.2) is 4.39 Å². The molecule has 2 aromatic rings. The van der Waals surface area contributed by atoms with Gasteiger partial charge in [-0.3, -0.25) is 0 Å². The maximum Gasteiger partial charge on any atom is 0.162 e. The Morgan fingerprint density at radius 2 is 1.77 bits per heavy atom. The average molecular weight is 302 g/mol. The first kappa shape index (κ1) is 14.5. The molecule has 1 heterocycles. The molecule has 3 rings (SSSR count). The van der Waals surface area contributed by atoms with E-state index in [1.165, 1.54) is 12.1 Å². The van der Waals surface area contributed by atoms with E-state index < -0.39 is 0 Å². The summed E-state index contributed by atoms with van der Waals surface area (Å²) in [5.74, 6) is 1.20. The number of anilines is 2. The summed E-state index contributed by atoms with van der Waals surface area (Å²) in [6.45, 7) is 2.45. The molecule has 1 aliphatic heterocycles. The van der Waals surface area contributed by atoms with Gasteiger partial charge in [-0.15, -0.1) is 0 Å². The van der Waals surface area contributed by atoms with E-state index in [4.69, 9.17) is 9.47 Å². The SMILES string of the molecule is COc1cc2c(cc1OC)N(Cc1ccc(F)cc1)CCN2. The van der Waals surface area contributed by atoms with E-state index >= 15 is 0 Å². The Hall–Kier alpha value is -2.43. The van der Waals surface area contributed by atoms with Crippen LogP contribution in [0, 0.1) is 5.82 Å². The first-order chi connectivity index (χ1) is 10.7. The quantitative estimate of drug-likeness (QED) is 0.940. The summed E-state index contributed by atoms with van der Waals surface area (Å²) >= 11 is 0. The number of nitrogens with zero attached hydrogens (tertiary/aromatic N) is 1. The molecule has 0 aliphatic carbocycles. The minimum absolute atomic E-state index is 0.212. The lowest BCUT2D eigenvalue weighted by Gasteiger charge is -2.33.